The molecule has 0 radical (unpaired) electrons. The average Bonchev–Trinajstić information content (AvgIpc) is 3.10. The summed E-state index contributed by atoms with van der Waals surface area (Å²) >= 11 is 0. The molecule has 0 saturated carbocycles. The van der Waals surface area contributed by atoms with E-state index in [1.807, 2.05) is 19.1 Å². The summed E-state index contributed by atoms with van der Waals surface area (Å²) in [6, 6.07) is 7.25. The number of amides is 1. The van der Waals surface area contributed by atoms with Gasteiger partial charge in [0.2, 0.25) is 5.82 Å². The molecule has 100 valence electrons. The minimum Gasteiger partial charge on any atom is -0.319 e. The molecule has 20 heavy (non-hydrogen) atoms. The predicted molar refractivity (Wildman–Crippen MR) is 70.9 cm³/mol. The number of anilines is 1. The molecule has 0 aliphatic heterocycles. The van der Waals surface area contributed by atoms with Gasteiger partial charge in [0.25, 0.3) is 5.91 Å². The molecule has 8 nitrogen and oxygen atoms in total. The summed E-state index contributed by atoms with van der Waals surface area (Å²) in [6.07, 6.45) is 1.28. The lowest BCUT2D eigenvalue weighted by Crippen LogP contribution is -2.13. The molecule has 3 aromatic rings. The van der Waals surface area contributed by atoms with Crippen molar-refractivity contribution >= 4 is 11.6 Å². The smallest absolute Gasteiger partial charge is 0.292 e. The number of aromatic nitrogens is 6. The van der Waals surface area contributed by atoms with Gasteiger partial charge in [-0.3, -0.25) is 15.0 Å². The maximum atomic E-state index is 11.8. The summed E-state index contributed by atoms with van der Waals surface area (Å²) in [7, 11) is 0. The lowest BCUT2D eigenvalue weighted by atomic mass is 10.2. The van der Waals surface area contributed by atoms with Crippen molar-refractivity contribution in [2.45, 2.75) is 6.92 Å². The molecule has 2 heterocycles. The van der Waals surface area contributed by atoms with E-state index >= 15 is 0 Å². The third-order valence-electron chi connectivity index (χ3n) is 2.61. The fourth-order valence-corrected chi connectivity index (χ4v) is 1.71. The van der Waals surface area contributed by atoms with E-state index in [0.29, 0.717) is 11.5 Å². The molecular formula is C12H11N7O. The van der Waals surface area contributed by atoms with E-state index < -0.39 is 0 Å². The highest BCUT2D eigenvalue weighted by molar-refractivity contribution is 6.01. The zero-order chi connectivity index (χ0) is 13.9. The molecule has 3 N–H and O–H groups in total. The zero-order valence-electron chi connectivity index (χ0n) is 10.6. The van der Waals surface area contributed by atoms with Gasteiger partial charge in [-0.15, -0.1) is 0 Å². The Bertz CT molecular complexity index is 732. The van der Waals surface area contributed by atoms with E-state index in [1.54, 1.807) is 12.1 Å². The van der Waals surface area contributed by atoms with E-state index in [2.05, 4.69) is 35.7 Å². The van der Waals surface area contributed by atoms with Crippen LogP contribution in [0.25, 0.3) is 11.4 Å². The SMILES string of the molecule is Cc1nc(-c2cccc(NC(=O)c3ncn[nH]3)c2)n[nH]1. The van der Waals surface area contributed by atoms with Gasteiger partial charge in [-0.2, -0.15) is 10.2 Å². The van der Waals surface area contributed by atoms with Gasteiger partial charge in [-0.05, 0) is 19.1 Å². The highest BCUT2D eigenvalue weighted by Gasteiger charge is 2.10. The van der Waals surface area contributed by atoms with Crippen LogP contribution in [0.15, 0.2) is 30.6 Å². The number of H-pyrrole nitrogens is 2. The fraction of sp³-hybridized carbons (Fsp3) is 0.0833. The van der Waals surface area contributed by atoms with Crippen LogP contribution in [0.1, 0.15) is 16.4 Å². The van der Waals surface area contributed by atoms with Crippen molar-refractivity contribution in [2.24, 2.45) is 0 Å². The first-order chi connectivity index (χ1) is 9.72. The van der Waals surface area contributed by atoms with E-state index in [1.165, 1.54) is 6.33 Å². The highest BCUT2D eigenvalue weighted by Crippen LogP contribution is 2.19. The van der Waals surface area contributed by atoms with Gasteiger partial charge < -0.3 is 5.32 Å². The summed E-state index contributed by atoms with van der Waals surface area (Å²) in [6.45, 7) is 1.83. The molecule has 0 bridgehead atoms. The first-order valence-corrected chi connectivity index (χ1v) is 5.88. The Morgan fingerprint density at radius 3 is 2.90 bits per heavy atom. The number of hydrogen-bond acceptors (Lipinski definition) is 5. The van der Waals surface area contributed by atoms with Crippen molar-refractivity contribution in [3.8, 4) is 11.4 Å². The van der Waals surface area contributed by atoms with Crippen molar-refractivity contribution < 1.29 is 4.79 Å². The van der Waals surface area contributed by atoms with Crippen LogP contribution in [0.3, 0.4) is 0 Å². The number of rotatable bonds is 3. The first-order valence-electron chi connectivity index (χ1n) is 5.88. The van der Waals surface area contributed by atoms with E-state index in [-0.39, 0.29) is 11.7 Å². The number of hydrogen-bond donors (Lipinski definition) is 3. The van der Waals surface area contributed by atoms with Gasteiger partial charge >= 0.3 is 0 Å². The molecule has 1 amide bonds. The van der Waals surface area contributed by atoms with Crippen molar-refractivity contribution in [3.63, 3.8) is 0 Å². The lowest BCUT2D eigenvalue weighted by molar-refractivity contribution is 0.101. The molecule has 1 aromatic carbocycles. The van der Waals surface area contributed by atoms with Gasteiger partial charge in [0.15, 0.2) is 5.82 Å². The number of benzene rings is 1. The third kappa shape index (κ3) is 2.39. The van der Waals surface area contributed by atoms with Crippen LogP contribution < -0.4 is 5.32 Å². The van der Waals surface area contributed by atoms with Crippen molar-refractivity contribution in [1.82, 2.24) is 30.4 Å². The van der Waals surface area contributed by atoms with Crippen molar-refractivity contribution in [3.05, 3.63) is 42.2 Å². The maximum absolute atomic E-state index is 11.8. The van der Waals surface area contributed by atoms with Crippen LogP contribution in [0.5, 0.6) is 0 Å². The molecule has 0 fully saturated rings. The van der Waals surface area contributed by atoms with Gasteiger partial charge in [0.1, 0.15) is 12.2 Å². The standard InChI is InChI=1S/C12H11N7O/c1-7-15-10(19-17-7)8-3-2-4-9(5-8)16-12(20)11-13-6-14-18-11/h2-6H,1H3,(H,16,20)(H,13,14,18)(H,15,17,19). The number of aromatic amines is 2. The molecule has 3 rings (SSSR count). The number of nitrogens with one attached hydrogen (secondary N) is 3. The second-order valence-electron chi connectivity index (χ2n) is 4.11. The Hall–Kier alpha value is -3.03. The first kappa shape index (κ1) is 12.0. The predicted octanol–water partition coefficient (Wildman–Crippen LogP) is 1.15. The summed E-state index contributed by atoms with van der Waals surface area (Å²) in [5.74, 6) is 1.12. The van der Waals surface area contributed by atoms with Crippen LogP contribution in [0.2, 0.25) is 0 Å². The Balaban J connectivity index is 1.83. The van der Waals surface area contributed by atoms with Gasteiger partial charge in [0, 0.05) is 11.3 Å². The topological polar surface area (TPSA) is 112 Å². The van der Waals surface area contributed by atoms with Crippen LogP contribution in [-0.4, -0.2) is 36.3 Å². The average molecular weight is 269 g/mol. The summed E-state index contributed by atoms with van der Waals surface area (Å²) in [5, 5.41) is 15.7. The van der Waals surface area contributed by atoms with Crippen LogP contribution >= 0.6 is 0 Å². The maximum Gasteiger partial charge on any atom is 0.292 e. The molecule has 0 saturated heterocycles. The van der Waals surface area contributed by atoms with Gasteiger partial charge in [0.05, 0.1) is 0 Å². The number of carbonyl (C=O) groups excluding carboxylic acids is 1. The van der Waals surface area contributed by atoms with Gasteiger partial charge in [-0.1, -0.05) is 12.1 Å². The fourth-order valence-electron chi connectivity index (χ4n) is 1.71. The molecule has 2 aromatic heterocycles. The molecule has 0 unspecified atom stereocenters. The molecule has 8 heteroatoms. The highest BCUT2D eigenvalue weighted by atomic mass is 16.2. The quantitative estimate of drug-likeness (QED) is 0.660. The van der Waals surface area contributed by atoms with Crippen molar-refractivity contribution in [1.29, 1.82) is 0 Å². The van der Waals surface area contributed by atoms with Gasteiger partial charge in [-0.25, -0.2) is 9.97 Å². The summed E-state index contributed by atoms with van der Waals surface area (Å²) in [5.41, 5.74) is 1.44. The normalized spacial score (nSPS) is 10.4. The summed E-state index contributed by atoms with van der Waals surface area (Å²) in [4.78, 5) is 19.9. The number of nitrogens with zero attached hydrogens (tertiary/aromatic N) is 4. The second-order valence-corrected chi connectivity index (χ2v) is 4.11. The van der Waals surface area contributed by atoms with Crippen molar-refractivity contribution in [2.75, 3.05) is 5.32 Å². The largest absolute Gasteiger partial charge is 0.319 e. The zero-order valence-corrected chi connectivity index (χ0v) is 10.6. The Labute approximate surface area is 113 Å². The monoisotopic (exact) mass is 269 g/mol. The van der Waals surface area contributed by atoms with E-state index in [4.69, 9.17) is 0 Å². The Morgan fingerprint density at radius 2 is 2.20 bits per heavy atom. The van der Waals surface area contributed by atoms with E-state index in [0.717, 1.165) is 11.4 Å². The third-order valence-corrected chi connectivity index (χ3v) is 2.61. The van der Waals surface area contributed by atoms with Crippen LogP contribution in [0, 0.1) is 6.92 Å². The molecule has 0 aliphatic rings. The molecular weight excluding hydrogens is 258 g/mol. The molecule has 0 atom stereocenters. The van der Waals surface area contributed by atoms with E-state index in [9.17, 15) is 4.79 Å². The number of carbonyl (C=O) groups is 1. The number of aryl methyl sites for hydroxylation is 1. The summed E-state index contributed by atoms with van der Waals surface area (Å²) < 4.78 is 0. The van der Waals surface area contributed by atoms with Crippen LogP contribution in [0.4, 0.5) is 5.69 Å². The Morgan fingerprint density at radius 1 is 1.30 bits per heavy atom. The minimum absolute atomic E-state index is 0.157. The van der Waals surface area contributed by atoms with Crippen LogP contribution in [-0.2, 0) is 0 Å². The lowest BCUT2D eigenvalue weighted by Gasteiger charge is -2.04. The second kappa shape index (κ2) is 4.92. The molecule has 0 spiro atoms. The Kier molecular flexibility index (Phi) is 2.96. The molecule has 0 aliphatic carbocycles. The minimum atomic E-state index is -0.356.